The molecule has 0 spiro atoms. The third kappa shape index (κ3) is 6.28. The molecule has 10 nitrogen and oxygen atoms in total. The van der Waals surface area contributed by atoms with Gasteiger partial charge in [0.05, 0.1) is 41.6 Å². The van der Waals surface area contributed by atoms with E-state index in [-0.39, 0.29) is 28.3 Å². The van der Waals surface area contributed by atoms with Gasteiger partial charge in [0.15, 0.2) is 6.61 Å². The highest BCUT2D eigenvalue weighted by atomic mass is 32.2. The molecule has 3 aromatic rings. The zero-order valence-corrected chi connectivity index (χ0v) is 18.3. The van der Waals surface area contributed by atoms with Crippen LogP contribution in [0.4, 0.5) is 5.69 Å². The van der Waals surface area contributed by atoms with E-state index < -0.39 is 34.5 Å². The molecule has 0 unspecified atom stereocenters. The zero-order valence-electron chi connectivity index (χ0n) is 17.4. The van der Waals surface area contributed by atoms with Crippen LogP contribution >= 0.6 is 0 Å². The van der Waals surface area contributed by atoms with Crippen molar-refractivity contribution in [3.63, 3.8) is 0 Å². The van der Waals surface area contributed by atoms with Crippen LogP contribution in [-0.2, 0) is 30.8 Å². The number of para-hydroxylation sites is 1. The molecule has 0 fully saturated rings. The largest absolute Gasteiger partial charge is 0.468 e. The Bertz CT molecular complexity index is 1240. The van der Waals surface area contributed by atoms with Crippen molar-refractivity contribution in [1.82, 2.24) is 4.72 Å². The highest BCUT2D eigenvalue weighted by Crippen LogP contribution is 2.16. The van der Waals surface area contributed by atoms with Gasteiger partial charge >= 0.3 is 11.9 Å². The molecule has 0 atom stereocenters. The third-order valence-corrected chi connectivity index (χ3v) is 5.77. The summed E-state index contributed by atoms with van der Waals surface area (Å²) in [6.45, 7) is -0.633. The maximum atomic E-state index is 12.3. The Hall–Kier alpha value is -3.96. The van der Waals surface area contributed by atoms with Crippen molar-refractivity contribution in [3.05, 3.63) is 83.8 Å². The maximum absolute atomic E-state index is 12.3. The van der Waals surface area contributed by atoms with E-state index in [0.29, 0.717) is 5.76 Å². The highest BCUT2D eigenvalue weighted by Gasteiger charge is 2.17. The summed E-state index contributed by atoms with van der Waals surface area (Å²) < 4.78 is 41.8. The molecule has 0 bridgehead atoms. The third-order valence-electron chi connectivity index (χ3n) is 4.36. The van der Waals surface area contributed by atoms with Gasteiger partial charge in [-0.1, -0.05) is 12.1 Å². The monoisotopic (exact) mass is 472 g/mol. The predicted octanol–water partition coefficient (Wildman–Crippen LogP) is 2.34. The lowest BCUT2D eigenvalue weighted by Gasteiger charge is -2.10. The molecule has 0 radical (unpaired) electrons. The minimum absolute atomic E-state index is 0.0205. The molecule has 1 aromatic heterocycles. The fraction of sp³-hybridized carbons (Fsp3) is 0.136. The van der Waals surface area contributed by atoms with Crippen molar-refractivity contribution in [2.24, 2.45) is 0 Å². The maximum Gasteiger partial charge on any atom is 0.339 e. The molecule has 0 aliphatic heterocycles. The first-order valence-corrected chi connectivity index (χ1v) is 11.0. The van der Waals surface area contributed by atoms with E-state index in [1.54, 1.807) is 24.3 Å². The summed E-state index contributed by atoms with van der Waals surface area (Å²) in [5.74, 6) is -1.66. The van der Waals surface area contributed by atoms with Crippen LogP contribution in [0.15, 0.2) is 76.2 Å². The summed E-state index contributed by atoms with van der Waals surface area (Å²) in [6, 6.07) is 14.5. The van der Waals surface area contributed by atoms with E-state index >= 15 is 0 Å². The summed E-state index contributed by atoms with van der Waals surface area (Å²) in [7, 11) is -2.60. The van der Waals surface area contributed by atoms with E-state index in [0.717, 1.165) is 0 Å². The standard InChI is InChI=1S/C22H20N2O8S/c1-30-22(27)18-6-2-3-7-19(18)24-20(25)14-32-21(26)15-8-10-17(11-9-15)33(28,29)23-13-16-5-4-12-31-16/h2-12,23H,13-14H2,1H3,(H,24,25). The number of amides is 1. The first-order valence-electron chi connectivity index (χ1n) is 9.56. The Kier molecular flexibility index (Phi) is 7.59. The Balaban J connectivity index is 1.55. The molecule has 2 N–H and O–H groups in total. The quantitative estimate of drug-likeness (QED) is 0.452. The second kappa shape index (κ2) is 10.6. The number of ether oxygens (including phenoxy) is 2. The van der Waals surface area contributed by atoms with Gasteiger partial charge in [-0.15, -0.1) is 0 Å². The number of carbonyl (C=O) groups excluding carboxylic acids is 3. The number of sulfonamides is 1. The minimum Gasteiger partial charge on any atom is -0.468 e. The first kappa shape index (κ1) is 23.7. The van der Waals surface area contributed by atoms with Gasteiger partial charge < -0.3 is 19.2 Å². The average Bonchev–Trinajstić information content (AvgIpc) is 3.35. The van der Waals surface area contributed by atoms with Gasteiger partial charge in [0.1, 0.15) is 5.76 Å². The van der Waals surface area contributed by atoms with Gasteiger partial charge in [0.2, 0.25) is 10.0 Å². The fourth-order valence-corrected chi connectivity index (χ4v) is 3.71. The molecule has 1 amide bonds. The number of furan rings is 1. The zero-order chi connectivity index (χ0) is 23.8. The lowest BCUT2D eigenvalue weighted by Crippen LogP contribution is -2.23. The van der Waals surface area contributed by atoms with Crippen molar-refractivity contribution in [3.8, 4) is 0 Å². The molecule has 11 heteroatoms. The van der Waals surface area contributed by atoms with Crippen LogP contribution in [0.1, 0.15) is 26.5 Å². The van der Waals surface area contributed by atoms with Gasteiger partial charge in [0, 0.05) is 0 Å². The molecule has 3 rings (SSSR count). The molecule has 1 heterocycles. The van der Waals surface area contributed by atoms with Crippen LogP contribution in [0.2, 0.25) is 0 Å². The number of hydrogen-bond donors (Lipinski definition) is 2. The molecule has 172 valence electrons. The van der Waals surface area contributed by atoms with E-state index in [2.05, 4.69) is 14.8 Å². The van der Waals surface area contributed by atoms with E-state index in [1.807, 2.05) is 0 Å². The van der Waals surface area contributed by atoms with Crippen LogP contribution in [0.3, 0.4) is 0 Å². The highest BCUT2D eigenvalue weighted by molar-refractivity contribution is 7.89. The molecule has 0 aliphatic rings. The number of rotatable bonds is 9. The number of hydrogen-bond acceptors (Lipinski definition) is 8. The Labute approximate surface area is 189 Å². The summed E-state index contributed by atoms with van der Waals surface area (Å²) in [5, 5.41) is 2.47. The van der Waals surface area contributed by atoms with Gasteiger partial charge in [-0.3, -0.25) is 4.79 Å². The topological polar surface area (TPSA) is 141 Å². The van der Waals surface area contributed by atoms with E-state index in [1.165, 1.54) is 49.8 Å². The minimum atomic E-state index is -3.82. The van der Waals surface area contributed by atoms with Crippen LogP contribution in [0.25, 0.3) is 0 Å². The summed E-state index contributed by atoms with van der Waals surface area (Å²) in [5.41, 5.74) is 0.418. The number of carbonyl (C=O) groups is 3. The number of nitrogens with one attached hydrogen (secondary N) is 2. The molecule has 0 saturated heterocycles. The lowest BCUT2D eigenvalue weighted by atomic mass is 10.2. The van der Waals surface area contributed by atoms with Gasteiger partial charge in [-0.2, -0.15) is 0 Å². The summed E-state index contributed by atoms with van der Waals surface area (Å²) in [6.07, 6.45) is 1.43. The molecule has 0 aliphatic carbocycles. The van der Waals surface area contributed by atoms with Crippen molar-refractivity contribution in [1.29, 1.82) is 0 Å². The van der Waals surface area contributed by atoms with Crippen LogP contribution in [-0.4, -0.2) is 40.0 Å². The Morgan fingerprint density at radius 1 is 0.939 bits per heavy atom. The average molecular weight is 472 g/mol. The summed E-state index contributed by atoms with van der Waals surface area (Å²) in [4.78, 5) is 36.0. The molecular formula is C22H20N2O8S. The van der Waals surface area contributed by atoms with Crippen LogP contribution < -0.4 is 10.0 Å². The van der Waals surface area contributed by atoms with Gasteiger partial charge in [0.25, 0.3) is 5.91 Å². The number of anilines is 1. The predicted molar refractivity (Wildman–Crippen MR) is 116 cm³/mol. The van der Waals surface area contributed by atoms with Crippen molar-refractivity contribution < 1.29 is 36.7 Å². The van der Waals surface area contributed by atoms with Crippen LogP contribution in [0.5, 0.6) is 0 Å². The SMILES string of the molecule is COC(=O)c1ccccc1NC(=O)COC(=O)c1ccc(S(=O)(=O)NCc2ccco2)cc1. The first-order chi connectivity index (χ1) is 15.8. The molecule has 33 heavy (non-hydrogen) atoms. The van der Waals surface area contributed by atoms with Crippen molar-refractivity contribution >= 4 is 33.6 Å². The summed E-state index contributed by atoms with van der Waals surface area (Å²) >= 11 is 0. The fourth-order valence-electron chi connectivity index (χ4n) is 2.71. The van der Waals surface area contributed by atoms with E-state index in [9.17, 15) is 22.8 Å². The lowest BCUT2D eigenvalue weighted by molar-refractivity contribution is -0.119. The Morgan fingerprint density at radius 2 is 1.67 bits per heavy atom. The number of benzene rings is 2. The van der Waals surface area contributed by atoms with E-state index in [4.69, 9.17) is 9.15 Å². The van der Waals surface area contributed by atoms with Crippen LogP contribution in [0, 0.1) is 0 Å². The van der Waals surface area contributed by atoms with Crippen molar-refractivity contribution in [2.75, 3.05) is 19.0 Å². The van der Waals surface area contributed by atoms with Gasteiger partial charge in [-0.05, 0) is 48.5 Å². The molecule has 2 aromatic carbocycles. The Morgan fingerprint density at radius 3 is 2.33 bits per heavy atom. The normalized spacial score (nSPS) is 10.9. The second-order valence-corrected chi connectivity index (χ2v) is 8.36. The molecule has 0 saturated carbocycles. The number of esters is 2. The van der Waals surface area contributed by atoms with Gasteiger partial charge in [-0.25, -0.2) is 22.7 Å². The second-order valence-electron chi connectivity index (χ2n) is 6.59. The molecular weight excluding hydrogens is 452 g/mol. The smallest absolute Gasteiger partial charge is 0.339 e. The van der Waals surface area contributed by atoms with Crippen molar-refractivity contribution in [2.45, 2.75) is 11.4 Å². The number of methoxy groups -OCH3 is 1.